The van der Waals surface area contributed by atoms with Crippen molar-refractivity contribution in [2.24, 2.45) is 0 Å². The molecule has 0 fully saturated rings. The molecule has 2 aromatic rings. The van der Waals surface area contributed by atoms with Gasteiger partial charge in [0.1, 0.15) is 11.3 Å². The predicted octanol–water partition coefficient (Wildman–Crippen LogP) is 1.51. The standard InChI is InChI=1S/C10H9F3N4O2/c1-16(2)9-15-14-7-5(8(18)19)3-4-6(17(7)9)10(11,12)13/h3-4H,1-2H3,(H,18,19). The van der Waals surface area contributed by atoms with Gasteiger partial charge in [0.05, 0.1) is 0 Å². The van der Waals surface area contributed by atoms with E-state index in [0.717, 1.165) is 6.07 Å². The first kappa shape index (κ1) is 13.1. The maximum Gasteiger partial charge on any atom is 0.431 e. The topological polar surface area (TPSA) is 70.7 Å². The molecular formula is C10H9F3N4O2. The van der Waals surface area contributed by atoms with E-state index in [1.807, 2.05) is 0 Å². The van der Waals surface area contributed by atoms with Gasteiger partial charge in [-0.1, -0.05) is 0 Å². The number of carbonyl (C=O) groups is 1. The number of fused-ring (bicyclic) bond motifs is 1. The number of alkyl halides is 3. The average molecular weight is 274 g/mol. The Balaban J connectivity index is 2.89. The molecule has 0 atom stereocenters. The van der Waals surface area contributed by atoms with Crippen LogP contribution in [0.1, 0.15) is 16.1 Å². The molecule has 2 heterocycles. The molecule has 2 aromatic heterocycles. The Kier molecular flexibility index (Phi) is 2.84. The molecule has 1 N–H and O–H groups in total. The van der Waals surface area contributed by atoms with Crippen LogP contribution in [0.2, 0.25) is 0 Å². The summed E-state index contributed by atoms with van der Waals surface area (Å²) >= 11 is 0. The van der Waals surface area contributed by atoms with Crippen LogP contribution in [0.4, 0.5) is 19.1 Å². The molecule has 0 spiro atoms. The van der Waals surface area contributed by atoms with Crippen LogP contribution in [0, 0.1) is 0 Å². The summed E-state index contributed by atoms with van der Waals surface area (Å²) in [4.78, 5) is 12.3. The Morgan fingerprint density at radius 1 is 1.32 bits per heavy atom. The summed E-state index contributed by atoms with van der Waals surface area (Å²) < 4.78 is 39.5. The van der Waals surface area contributed by atoms with Crippen LogP contribution in [0.25, 0.3) is 5.65 Å². The second kappa shape index (κ2) is 4.11. The maximum atomic E-state index is 12.9. The summed E-state index contributed by atoms with van der Waals surface area (Å²) in [7, 11) is 2.98. The molecule has 0 saturated heterocycles. The molecule has 0 aliphatic rings. The molecule has 2 rings (SSSR count). The smallest absolute Gasteiger partial charge is 0.431 e. The number of aromatic carboxylic acids is 1. The second-order valence-corrected chi connectivity index (χ2v) is 3.99. The van der Waals surface area contributed by atoms with Gasteiger partial charge in [-0.25, -0.2) is 4.79 Å². The predicted molar refractivity (Wildman–Crippen MR) is 59.3 cm³/mol. The van der Waals surface area contributed by atoms with Crippen molar-refractivity contribution in [2.45, 2.75) is 6.18 Å². The molecule has 0 bridgehead atoms. The van der Waals surface area contributed by atoms with Gasteiger partial charge in [-0.3, -0.25) is 4.40 Å². The van der Waals surface area contributed by atoms with E-state index in [0.29, 0.717) is 10.5 Å². The number of nitrogens with zero attached hydrogens (tertiary/aromatic N) is 4. The van der Waals surface area contributed by atoms with Crippen molar-refractivity contribution in [1.29, 1.82) is 0 Å². The Hall–Kier alpha value is -2.32. The van der Waals surface area contributed by atoms with E-state index in [-0.39, 0.29) is 17.2 Å². The zero-order valence-electron chi connectivity index (χ0n) is 9.93. The molecule has 0 saturated carbocycles. The van der Waals surface area contributed by atoms with E-state index in [9.17, 15) is 18.0 Å². The van der Waals surface area contributed by atoms with Crippen LogP contribution in [0.5, 0.6) is 0 Å². The van der Waals surface area contributed by atoms with Gasteiger partial charge in [0.2, 0.25) is 5.95 Å². The van der Waals surface area contributed by atoms with Gasteiger partial charge in [-0.2, -0.15) is 13.2 Å². The number of halogens is 3. The first-order valence-electron chi connectivity index (χ1n) is 5.09. The number of aromatic nitrogens is 3. The third-order valence-electron chi connectivity index (χ3n) is 2.46. The molecule has 0 aromatic carbocycles. The Morgan fingerprint density at radius 2 is 1.95 bits per heavy atom. The van der Waals surface area contributed by atoms with Crippen molar-refractivity contribution in [3.63, 3.8) is 0 Å². The molecular weight excluding hydrogens is 265 g/mol. The summed E-state index contributed by atoms with van der Waals surface area (Å²) in [6.45, 7) is 0. The molecule has 0 unspecified atom stereocenters. The van der Waals surface area contributed by atoms with Gasteiger partial charge in [0, 0.05) is 14.1 Å². The van der Waals surface area contributed by atoms with E-state index in [1.165, 1.54) is 19.0 Å². The van der Waals surface area contributed by atoms with Gasteiger partial charge >= 0.3 is 12.1 Å². The van der Waals surface area contributed by atoms with Crippen LogP contribution in [-0.2, 0) is 6.18 Å². The minimum absolute atomic E-state index is 0.0922. The van der Waals surface area contributed by atoms with Crippen LogP contribution in [-0.4, -0.2) is 39.8 Å². The molecule has 19 heavy (non-hydrogen) atoms. The molecule has 0 aliphatic carbocycles. The number of carboxylic acid groups (broad SMARTS) is 1. The highest BCUT2D eigenvalue weighted by Gasteiger charge is 2.36. The molecule has 9 heteroatoms. The van der Waals surface area contributed by atoms with E-state index in [1.54, 1.807) is 0 Å². The minimum atomic E-state index is -4.64. The highest BCUT2D eigenvalue weighted by Crippen LogP contribution is 2.32. The number of rotatable bonds is 2. The zero-order valence-corrected chi connectivity index (χ0v) is 9.93. The summed E-state index contributed by atoms with van der Waals surface area (Å²) in [6.07, 6.45) is -4.64. The first-order chi connectivity index (χ1) is 8.73. The lowest BCUT2D eigenvalue weighted by molar-refractivity contribution is -0.141. The second-order valence-electron chi connectivity index (χ2n) is 3.99. The highest BCUT2D eigenvalue weighted by atomic mass is 19.4. The van der Waals surface area contributed by atoms with Gasteiger partial charge < -0.3 is 10.0 Å². The van der Waals surface area contributed by atoms with Crippen LogP contribution in [0.3, 0.4) is 0 Å². The molecule has 102 valence electrons. The fourth-order valence-corrected chi connectivity index (χ4v) is 1.66. The summed E-state index contributed by atoms with van der Waals surface area (Å²) in [6, 6.07) is 1.57. The van der Waals surface area contributed by atoms with Crippen LogP contribution < -0.4 is 4.90 Å². The summed E-state index contributed by atoms with van der Waals surface area (Å²) in [5.41, 5.74) is -1.71. The van der Waals surface area contributed by atoms with Gasteiger partial charge in [0.15, 0.2) is 5.65 Å². The molecule has 0 radical (unpaired) electrons. The maximum absolute atomic E-state index is 12.9. The van der Waals surface area contributed by atoms with Crippen molar-refractivity contribution in [3.8, 4) is 0 Å². The van der Waals surface area contributed by atoms with E-state index < -0.39 is 17.8 Å². The van der Waals surface area contributed by atoms with Crippen LogP contribution >= 0.6 is 0 Å². The SMILES string of the molecule is CN(C)c1nnc2c(C(=O)O)ccc(C(F)(F)F)n12. The van der Waals surface area contributed by atoms with Crippen LogP contribution in [0.15, 0.2) is 12.1 Å². The van der Waals surface area contributed by atoms with E-state index in [4.69, 9.17) is 5.11 Å². The third-order valence-corrected chi connectivity index (χ3v) is 2.46. The lowest BCUT2D eigenvalue weighted by Gasteiger charge is -2.15. The van der Waals surface area contributed by atoms with Crippen molar-refractivity contribution in [3.05, 3.63) is 23.4 Å². The molecule has 0 aliphatic heterocycles. The molecule has 0 amide bonds. The van der Waals surface area contributed by atoms with Gasteiger partial charge in [-0.05, 0) is 12.1 Å². The van der Waals surface area contributed by atoms with Crippen molar-refractivity contribution >= 4 is 17.6 Å². The fourth-order valence-electron chi connectivity index (χ4n) is 1.66. The first-order valence-corrected chi connectivity index (χ1v) is 5.09. The Bertz CT molecular complexity index is 648. The van der Waals surface area contributed by atoms with Gasteiger partial charge in [-0.15, -0.1) is 10.2 Å². The lowest BCUT2D eigenvalue weighted by Crippen LogP contribution is -2.19. The number of hydrogen-bond donors (Lipinski definition) is 1. The number of carboxylic acids is 1. The monoisotopic (exact) mass is 274 g/mol. The number of pyridine rings is 1. The molecule has 6 nitrogen and oxygen atoms in total. The third kappa shape index (κ3) is 2.07. The van der Waals surface area contributed by atoms with E-state index in [2.05, 4.69) is 10.2 Å². The minimum Gasteiger partial charge on any atom is -0.478 e. The highest BCUT2D eigenvalue weighted by molar-refractivity contribution is 5.94. The number of hydrogen-bond acceptors (Lipinski definition) is 4. The largest absolute Gasteiger partial charge is 0.478 e. The quantitative estimate of drug-likeness (QED) is 0.898. The Morgan fingerprint density at radius 3 is 2.42 bits per heavy atom. The summed E-state index contributed by atoms with van der Waals surface area (Å²) in [5.74, 6) is -1.46. The normalized spacial score (nSPS) is 11.8. The number of anilines is 1. The fraction of sp³-hybridized carbons (Fsp3) is 0.300. The van der Waals surface area contributed by atoms with Crippen molar-refractivity contribution < 1.29 is 23.1 Å². The summed E-state index contributed by atoms with van der Waals surface area (Å²) in [5, 5.41) is 16.1. The lowest BCUT2D eigenvalue weighted by atomic mass is 10.2. The zero-order chi connectivity index (χ0) is 14.4. The van der Waals surface area contributed by atoms with E-state index >= 15 is 0 Å². The Labute approximate surface area is 105 Å². The van der Waals surface area contributed by atoms with Crippen molar-refractivity contribution in [2.75, 3.05) is 19.0 Å². The average Bonchev–Trinajstić information content (AvgIpc) is 2.69. The van der Waals surface area contributed by atoms with Gasteiger partial charge in [0.25, 0.3) is 0 Å². The van der Waals surface area contributed by atoms with Crippen molar-refractivity contribution in [1.82, 2.24) is 14.6 Å².